The molecule has 2 fully saturated rings. The Morgan fingerprint density at radius 2 is 2.11 bits per heavy atom. The van der Waals surface area contributed by atoms with E-state index in [1.807, 2.05) is 6.92 Å². The first-order valence-electron chi connectivity index (χ1n) is 6.64. The van der Waals surface area contributed by atoms with Crippen molar-refractivity contribution < 1.29 is 13.2 Å². The molecule has 2 rings (SSSR count). The zero-order valence-corrected chi connectivity index (χ0v) is 11.7. The Morgan fingerprint density at radius 3 is 2.78 bits per heavy atom. The number of hydrogen-bond acceptors (Lipinski definition) is 4. The Kier molecular flexibility index (Phi) is 4.60. The normalized spacial score (nSPS) is 32.6. The summed E-state index contributed by atoms with van der Waals surface area (Å²) in [7, 11) is -3.37. The molecule has 0 aromatic rings. The molecular weight excluding hydrogens is 254 g/mol. The van der Waals surface area contributed by atoms with Crippen LogP contribution in [0.15, 0.2) is 0 Å². The van der Waals surface area contributed by atoms with Crippen LogP contribution >= 0.6 is 0 Å². The van der Waals surface area contributed by atoms with Crippen LogP contribution in [-0.2, 0) is 14.9 Å². The largest absolute Gasteiger partial charge is 0.376 e. The van der Waals surface area contributed by atoms with Gasteiger partial charge in [0.2, 0.25) is 0 Å². The van der Waals surface area contributed by atoms with Gasteiger partial charge < -0.3 is 10.5 Å². The fourth-order valence-electron chi connectivity index (χ4n) is 2.66. The minimum atomic E-state index is -3.37. The van der Waals surface area contributed by atoms with Gasteiger partial charge in [-0.05, 0) is 19.8 Å². The number of nitrogens with two attached hydrogens (primary N) is 1. The maximum Gasteiger partial charge on any atom is 0.282 e. The van der Waals surface area contributed by atoms with Crippen molar-refractivity contribution in [2.75, 3.05) is 32.8 Å². The second-order valence-electron chi connectivity index (χ2n) is 5.04. The summed E-state index contributed by atoms with van der Waals surface area (Å²) in [4.78, 5) is 0. The minimum absolute atomic E-state index is 0.0327. The lowest BCUT2D eigenvalue weighted by Crippen LogP contribution is -2.56. The standard InChI is InChI=1S/C11H23N3O3S/c1-10-9-13(6-7-17-10)18(15,16)14-5-3-2-4-11(14)8-12/h10-11H,2-9,12H2,1H3/t10-,11-/m1/s1. The van der Waals surface area contributed by atoms with E-state index in [2.05, 4.69) is 0 Å². The monoisotopic (exact) mass is 277 g/mol. The molecule has 2 aliphatic rings. The SMILES string of the molecule is C[C@@H]1CN(S(=O)(=O)N2CCCC[C@@H]2CN)CCO1. The van der Waals surface area contributed by atoms with Gasteiger partial charge in [-0.25, -0.2) is 0 Å². The summed E-state index contributed by atoms with van der Waals surface area (Å²) >= 11 is 0. The Labute approximate surface area is 109 Å². The van der Waals surface area contributed by atoms with Crippen LogP contribution in [0.25, 0.3) is 0 Å². The number of morpholine rings is 1. The van der Waals surface area contributed by atoms with Gasteiger partial charge in [0.25, 0.3) is 10.2 Å². The number of nitrogens with zero attached hydrogens (tertiary/aromatic N) is 2. The van der Waals surface area contributed by atoms with Crippen molar-refractivity contribution in [3.8, 4) is 0 Å². The lowest BCUT2D eigenvalue weighted by Gasteiger charge is -2.39. The molecule has 0 unspecified atom stereocenters. The number of piperidine rings is 1. The van der Waals surface area contributed by atoms with Crippen LogP contribution < -0.4 is 5.73 Å². The van der Waals surface area contributed by atoms with E-state index in [1.54, 1.807) is 4.31 Å². The van der Waals surface area contributed by atoms with Gasteiger partial charge in [-0.2, -0.15) is 17.0 Å². The summed E-state index contributed by atoms with van der Waals surface area (Å²) in [6.07, 6.45) is 2.83. The summed E-state index contributed by atoms with van der Waals surface area (Å²) in [5, 5.41) is 0. The van der Waals surface area contributed by atoms with E-state index in [9.17, 15) is 8.42 Å². The number of hydrogen-bond donors (Lipinski definition) is 1. The van der Waals surface area contributed by atoms with Crippen molar-refractivity contribution in [3.05, 3.63) is 0 Å². The fourth-order valence-corrected chi connectivity index (χ4v) is 4.59. The molecule has 7 heteroatoms. The molecule has 0 radical (unpaired) electrons. The summed E-state index contributed by atoms with van der Waals surface area (Å²) in [6.45, 7) is 4.26. The molecule has 0 aromatic heterocycles. The van der Waals surface area contributed by atoms with Gasteiger partial charge in [-0.3, -0.25) is 0 Å². The molecule has 0 aromatic carbocycles. The molecular formula is C11H23N3O3S. The van der Waals surface area contributed by atoms with Crippen molar-refractivity contribution in [1.82, 2.24) is 8.61 Å². The lowest BCUT2D eigenvalue weighted by molar-refractivity contribution is 0.00741. The summed E-state index contributed by atoms with van der Waals surface area (Å²) in [5.74, 6) is 0. The van der Waals surface area contributed by atoms with E-state index < -0.39 is 10.2 Å². The van der Waals surface area contributed by atoms with E-state index >= 15 is 0 Å². The minimum Gasteiger partial charge on any atom is -0.376 e. The van der Waals surface area contributed by atoms with Crippen molar-refractivity contribution >= 4 is 10.2 Å². The molecule has 18 heavy (non-hydrogen) atoms. The van der Waals surface area contributed by atoms with Gasteiger partial charge in [-0.1, -0.05) is 6.42 Å². The van der Waals surface area contributed by atoms with E-state index in [1.165, 1.54) is 4.31 Å². The van der Waals surface area contributed by atoms with Crippen LogP contribution in [0.2, 0.25) is 0 Å². The van der Waals surface area contributed by atoms with Gasteiger partial charge >= 0.3 is 0 Å². The molecule has 106 valence electrons. The van der Waals surface area contributed by atoms with Crippen molar-refractivity contribution in [1.29, 1.82) is 0 Å². The zero-order chi connectivity index (χ0) is 13.2. The molecule has 2 heterocycles. The first-order chi connectivity index (χ1) is 8.55. The maximum atomic E-state index is 12.6. The van der Waals surface area contributed by atoms with Gasteiger partial charge in [0.05, 0.1) is 12.7 Å². The quantitative estimate of drug-likeness (QED) is 0.773. The van der Waals surface area contributed by atoms with Crippen LogP contribution in [-0.4, -0.2) is 62.0 Å². The van der Waals surface area contributed by atoms with Crippen molar-refractivity contribution in [2.24, 2.45) is 5.73 Å². The van der Waals surface area contributed by atoms with Crippen LogP contribution in [0.5, 0.6) is 0 Å². The molecule has 2 N–H and O–H groups in total. The maximum absolute atomic E-state index is 12.6. The van der Waals surface area contributed by atoms with Gasteiger partial charge in [0, 0.05) is 32.2 Å². The molecule has 2 atom stereocenters. The fraction of sp³-hybridized carbons (Fsp3) is 1.00. The summed E-state index contributed by atoms with van der Waals surface area (Å²) in [6, 6.07) is -0.0399. The molecule has 0 bridgehead atoms. The first kappa shape index (κ1) is 14.2. The third kappa shape index (κ3) is 2.85. The third-order valence-corrected chi connectivity index (χ3v) is 5.73. The topological polar surface area (TPSA) is 75.9 Å². The molecule has 0 aliphatic carbocycles. The highest BCUT2D eigenvalue weighted by atomic mass is 32.2. The Morgan fingerprint density at radius 1 is 1.33 bits per heavy atom. The highest BCUT2D eigenvalue weighted by Gasteiger charge is 2.37. The zero-order valence-electron chi connectivity index (χ0n) is 10.9. The van der Waals surface area contributed by atoms with Crippen LogP contribution in [0.4, 0.5) is 0 Å². The lowest BCUT2D eigenvalue weighted by atomic mass is 10.1. The Balaban J connectivity index is 2.13. The van der Waals surface area contributed by atoms with E-state index in [4.69, 9.17) is 10.5 Å². The van der Waals surface area contributed by atoms with Gasteiger partial charge in [0.15, 0.2) is 0 Å². The molecule has 2 saturated heterocycles. The predicted octanol–water partition coefficient (Wildman–Crippen LogP) is -0.235. The Hall–Kier alpha value is -0.210. The highest BCUT2D eigenvalue weighted by molar-refractivity contribution is 7.86. The Bertz CT molecular complexity index is 374. The first-order valence-corrected chi connectivity index (χ1v) is 8.04. The molecule has 0 spiro atoms. The average molecular weight is 277 g/mol. The third-order valence-electron chi connectivity index (χ3n) is 3.67. The highest BCUT2D eigenvalue weighted by Crippen LogP contribution is 2.23. The van der Waals surface area contributed by atoms with Crippen molar-refractivity contribution in [2.45, 2.75) is 38.3 Å². The number of rotatable bonds is 3. The van der Waals surface area contributed by atoms with E-state index in [0.29, 0.717) is 32.8 Å². The van der Waals surface area contributed by atoms with Crippen LogP contribution in [0.1, 0.15) is 26.2 Å². The summed E-state index contributed by atoms with van der Waals surface area (Å²) in [5.41, 5.74) is 5.70. The van der Waals surface area contributed by atoms with E-state index in [-0.39, 0.29) is 12.1 Å². The molecule has 0 saturated carbocycles. The summed E-state index contributed by atoms with van der Waals surface area (Å²) < 4.78 is 33.7. The van der Waals surface area contributed by atoms with Gasteiger partial charge in [0.1, 0.15) is 0 Å². The van der Waals surface area contributed by atoms with Crippen LogP contribution in [0.3, 0.4) is 0 Å². The number of ether oxygens (including phenoxy) is 1. The smallest absolute Gasteiger partial charge is 0.282 e. The molecule has 6 nitrogen and oxygen atoms in total. The predicted molar refractivity (Wildman–Crippen MR) is 69.3 cm³/mol. The average Bonchev–Trinajstić information content (AvgIpc) is 2.38. The van der Waals surface area contributed by atoms with Crippen molar-refractivity contribution in [3.63, 3.8) is 0 Å². The van der Waals surface area contributed by atoms with Gasteiger partial charge in [-0.15, -0.1) is 0 Å². The van der Waals surface area contributed by atoms with Crippen LogP contribution in [0, 0.1) is 0 Å². The second kappa shape index (κ2) is 5.83. The molecule has 0 amide bonds. The second-order valence-corrected chi connectivity index (χ2v) is 6.92. The van der Waals surface area contributed by atoms with E-state index in [0.717, 1.165) is 19.3 Å². The molecule has 2 aliphatic heterocycles.